The van der Waals surface area contributed by atoms with E-state index in [1.807, 2.05) is 77.9 Å². The highest BCUT2D eigenvalue weighted by atomic mass is 35.5. The predicted molar refractivity (Wildman–Crippen MR) is 243 cm³/mol. The summed E-state index contributed by atoms with van der Waals surface area (Å²) in [6.07, 6.45) is 1.43. The van der Waals surface area contributed by atoms with Gasteiger partial charge < -0.3 is 19.9 Å². The Morgan fingerprint density at radius 1 is 0.891 bits per heavy atom. The lowest BCUT2D eigenvalue weighted by Gasteiger charge is -2.37. The number of carboxylic acids is 1. The summed E-state index contributed by atoms with van der Waals surface area (Å²) in [5.41, 5.74) is 8.20. The number of Topliss-reactive ketones (excluding diaryl/α,β-unsaturated/α-hetero) is 1. The smallest absolute Gasteiger partial charge is 0.326 e. The number of nitriles is 2. The molecule has 0 bridgehead atoms. The highest BCUT2D eigenvalue weighted by Crippen LogP contribution is 2.38. The van der Waals surface area contributed by atoms with Gasteiger partial charge in [0.2, 0.25) is 5.91 Å². The van der Waals surface area contributed by atoms with E-state index in [2.05, 4.69) is 17.5 Å². The maximum absolute atomic E-state index is 14.3. The second kappa shape index (κ2) is 19.4. The third-order valence-electron chi connectivity index (χ3n) is 11.3. The van der Waals surface area contributed by atoms with E-state index in [0.29, 0.717) is 61.1 Å². The van der Waals surface area contributed by atoms with Crippen molar-refractivity contribution in [2.24, 2.45) is 0 Å². The molecule has 1 amide bonds. The summed E-state index contributed by atoms with van der Waals surface area (Å²) in [7, 11) is 0. The van der Waals surface area contributed by atoms with Crippen LogP contribution in [0.1, 0.15) is 56.3 Å². The molecule has 14 heteroatoms. The summed E-state index contributed by atoms with van der Waals surface area (Å²) in [6, 6.07) is 36.7. The van der Waals surface area contributed by atoms with Gasteiger partial charge in [0.25, 0.3) is 0 Å². The number of ketones is 1. The molecule has 64 heavy (non-hydrogen) atoms. The fraction of sp³-hybridized carbons (Fsp3) is 0.200. The van der Waals surface area contributed by atoms with Crippen LogP contribution in [0.2, 0.25) is 10.0 Å². The van der Waals surface area contributed by atoms with Crippen LogP contribution in [0.3, 0.4) is 0 Å². The molecule has 5 aromatic carbocycles. The van der Waals surface area contributed by atoms with Gasteiger partial charge in [-0.15, -0.1) is 11.8 Å². The lowest BCUT2D eigenvalue weighted by molar-refractivity contribution is -0.142. The number of thioether (sulfide) groups is 1. The van der Waals surface area contributed by atoms with Crippen molar-refractivity contribution in [2.45, 2.75) is 62.2 Å². The van der Waals surface area contributed by atoms with Crippen LogP contribution in [0.5, 0.6) is 11.5 Å². The monoisotopic (exact) mass is 907 g/mol. The zero-order valence-electron chi connectivity index (χ0n) is 34.4. The third-order valence-corrected chi connectivity index (χ3v) is 12.8. The number of hydrogen-bond acceptors (Lipinski definition) is 10. The van der Waals surface area contributed by atoms with Gasteiger partial charge in [-0.2, -0.15) is 10.5 Å². The Morgan fingerprint density at radius 2 is 1.61 bits per heavy atom. The van der Waals surface area contributed by atoms with Crippen LogP contribution in [0, 0.1) is 22.7 Å². The van der Waals surface area contributed by atoms with E-state index in [-0.39, 0.29) is 38.2 Å². The molecule has 2 aliphatic heterocycles. The van der Waals surface area contributed by atoms with Crippen molar-refractivity contribution in [1.82, 2.24) is 15.2 Å². The number of halogens is 2. The molecule has 0 saturated carbocycles. The molecule has 8 rings (SSSR count). The number of benzene rings is 5. The number of nitrogens with one attached hydrogen (secondary N) is 1. The van der Waals surface area contributed by atoms with Crippen LogP contribution in [-0.2, 0) is 53.3 Å². The molecule has 0 fully saturated rings. The van der Waals surface area contributed by atoms with Crippen molar-refractivity contribution in [3.63, 3.8) is 0 Å². The van der Waals surface area contributed by atoms with Crippen molar-refractivity contribution < 1.29 is 29.0 Å². The van der Waals surface area contributed by atoms with Crippen LogP contribution in [-0.4, -0.2) is 51.0 Å². The number of ether oxygens (including phenoxy) is 2. The fourth-order valence-electron chi connectivity index (χ4n) is 7.95. The van der Waals surface area contributed by atoms with Crippen LogP contribution < -0.4 is 14.8 Å². The molecule has 0 radical (unpaired) electrons. The Balaban J connectivity index is 1.01. The quantitative estimate of drug-likeness (QED) is 0.106. The maximum Gasteiger partial charge on any atom is 0.326 e. The number of fused-ring (bicyclic) bond motifs is 2. The van der Waals surface area contributed by atoms with Crippen LogP contribution in [0.25, 0.3) is 11.1 Å². The summed E-state index contributed by atoms with van der Waals surface area (Å²) < 4.78 is 12.4. The standard InChI is InChI=1S/C50H39Cl2N5O6S/c1-64-49-35(25-54)11-14-39(55-49)27-57-26-38-23-46-37(22-45(58)47(63-46)34-12-15-40(16-13-34)62-28-31-6-17-41(51)42(52)18-31)20-36(38)21-44(57)48(59)56-43(50(60)61)19-29-2-7-32(8-3-29)33-9-4-30(24-53)5-10-33/h2-18,20,23,43-44,47H,19,21-22,26-28H2,1H3,(H,56,59)(H,60,61)/t43-,44-,47?/m0/s1. The highest BCUT2D eigenvalue weighted by Gasteiger charge is 2.37. The van der Waals surface area contributed by atoms with Gasteiger partial charge in [0, 0.05) is 37.1 Å². The second-order valence-electron chi connectivity index (χ2n) is 15.6. The second-order valence-corrected chi connectivity index (χ2v) is 17.2. The number of carboxylic acid groups (broad SMARTS) is 1. The van der Waals surface area contributed by atoms with E-state index < -0.39 is 30.1 Å². The minimum Gasteiger partial charge on any atom is -0.489 e. The molecule has 0 spiro atoms. The molecule has 2 N–H and O–H groups in total. The summed E-state index contributed by atoms with van der Waals surface area (Å²) in [5, 5.41) is 33.4. The fourth-order valence-corrected chi connectivity index (χ4v) is 8.81. The molecule has 2 aliphatic rings. The molecule has 3 heterocycles. The number of carbonyl (C=O) groups is 3. The zero-order chi connectivity index (χ0) is 44.9. The van der Waals surface area contributed by atoms with Crippen molar-refractivity contribution in [3.8, 4) is 34.8 Å². The molecule has 6 aromatic rings. The van der Waals surface area contributed by atoms with E-state index in [4.69, 9.17) is 42.9 Å². The summed E-state index contributed by atoms with van der Waals surface area (Å²) >= 11 is 13.6. The van der Waals surface area contributed by atoms with Gasteiger partial charge in [-0.3, -0.25) is 14.5 Å². The van der Waals surface area contributed by atoms with Crippen LogP contribution in [0.15, 0.2) is 120 Å². The molecular formula is C50H39Cl2N5O6S. The molecular weight excluding hydrogens is 870 g/mol. The van der Waals surface area contributed by atoms with Gasteiger partial charge >= 0.3 is 5.97 Å². The molecule has 0 saturated heterocycles. The van der Waals surface area contributed by atoms with E-state index in [0.717, 1.165) is 33.4 Å². The maximum atomic E-state index is 14.3. The highest BCUT2D eigenvalue weighted by molar-refractivity contribution is 7.98. The number of nitrogens with zero attached hydrogens (tertiary/aromatic N) is 4. The summed E-state index contributed by atoms with van der Waals surface area (Å²) in [5.74, 6) is -0.564. The van der Waals surface area contributed by atoms with E-state index >= 15 is 0 Å². The predicted octanol–water partition coefficient (Wildman–Crippen LogP) is 9.08. The van der Waals surface area contributed by atoms with Crippen molar-refractivity contribution in [2.75, 3.05) is 6.26 Å². The molecule has 320 valence electrons. The first kappa shape index (κ1) is 44.0. The van der Waals surface area contributed by atoms with Crippen LogP contribution >= 0.6 is 35.0 Å². The SMILES string of the molecule is CSc1nc(CN2Cc3cc4c(cc3C[C@H]2C(=O)N[C@@H](Cc2ccc(-c3ccc(C#N)cc3)cc2)C(=O)O)CC(=O)C(c2ccc(OCc3ccc(Cl)c(Cl)c3)cc2)O4)ccc1C#N. The van der Waals surface area contributed by atoms with E-state index in [1.165, 1.54) is 11.8 Å². The topological polar surface area (TPSA) is 166 Å². The van der Waals surface area contributed by atoms with Gasteiger partial charge in [-0.1, -0.05) is 83.9 Å². The normalized spacial score (nSPS) is 16.0. The first-order valence-electron chi connectivity index (χ1n) is 20.3. The molecule has 0 aliphatic carbocycles. The van der Waals surface area contributed by atoms with Gasteiger partial charge in [0.1, 0.15) is 35.2 Å². The van der Waals surface area contributed by atoms with Crippen molar-refractivity contribution >= 4 is 52.6 Å². The average Bonchev–Trinajstić information content (AvgIpc) is 3.31. The Kier molecular flexibility index (Phi) is 13.3. The zero-order valence-corrected chi connectivity index (χ0v) is 36.7. The first-order valence-corrected chi connectivity index (χ1v) is 22.3. The van der Waals surface area contributed by atoms with Gasteiger partial charge in [0.15, 0.2) is 11.9 Å². The Labute approximate surface area is 384 Å². The van der Waals surface area contributed by atoms with Crippen molar-refractivity contribution in [3.05, 3.63) is 176 Å². The first-order chi connectivity index (χ1) is 31.0. The average molecular weight is 909 g/mol. The third kappa shape index (κ3) is 9.92. The number of amides is 1. The minimum absolute atomic E-state index is 0.0505. The number of rotatable bonds is 13. The molecule has 11 nitrogen and oxygen atoms in total. The minimum atomic E-state index is -1.22. The lowest BCUT2D eigenvalue weighted by Crippen LogP contribution is -2.54. The van der Waals surface area contributed by atoms with Crippen LogP contribution in [0.4, 0.5) is 0 Å². The van der Waals surface area contributed by atoms with Gasteiger partial charge in [-0.25, -0.2) is 9.78 Å². The summed E-state index contributed by atoms with van der Waals surface area (Å²) in [4.78, 5) is 47.3. The number of carbonyl (C=O) groups excluding carboxylic acids is 2. The summed E-state index contributed by atoms with van der Waals surface area (Å²) in [6.45, 7) is 0.826. The van der Waals surface area contributed by atoms with Crippen molar-refractivity contribution in [1.29, 1.82) is 10.5 Å². The van der Waals surface area contributed by atoms with Gasteiger partial charge in [-0.05, 0) is 101 Å². The van der Waals surface area contributed by atoms with E-state index in [9.17, 15) is 24.8 Å². The number of hydrogen-bond donors (Lipinski definition) is 2. The Morgan fingerprint density at radius 3 is 2.28 bits per heavy atom. The number of aliphatic carboxylic acids is 1. The largest absolute Gasteiger partial charge is 0.489 e. The Hall–Kier alpha value is -6.67. The number of pyridine rings is 1. The van der Waals surface area contributed by atoms with Gasteiger partial charge in [0.05, 0.1) is 39.0 Å². The lowest BCUT2D eigenvalue weighted by atomic mass is 9.88. The molecule has 3 atom stereocenters. The van der Waals surface area contributed by atoms with E-state index in [1.54, 1.807) is 48.5 Å². The Bertz CT molecular complexity index is 2840. The molecule has 1 unspecified atom stereocenters. The molecule has 1 aromatic heterocycles. The number of aromatic nitrogens is 1.